The van der Waals surface area contributed by atoms with E-state index in [2.05, 4.69) is 4.98 Å². The molecule has 2 aliphatic rings. The molecule has 1 aromatic heterocycles. The lowest BCUT2D eigenvalue weighted by Crippen LogP contribution is -2.55. The minimum Gasteiger partial charge on any atom is -0.459 e. The van der Waals surface area contributed by atoms with Gasteiger partial charge in [0.25, 0.3) is 5.56 Å². The Labute approximate surface area is 153 Å². The van der Waals surface area contributed by atoms with Gasteiger partial charge < -0.3 is 9.47 Å². The first-order valence-corrected chi connectivity index (χ1v) is 9.35. The number of aryl methyl sites for hydroxylation is 1. The Balaban J connectivity index is 1.50. The van der Waals surface area contributed by atoms with Crippen LogP contribution < -0.4 is 11.2 Å². The number of esters is 1. The number of thioether (sulfide) groups is 1. The van der Waals surface area contributed by atoms with Crippen molar-refractivity contribution in [1.82, 2.24) is 9.55 Å². The molecule has 1 N–H and O–H groups in total. The van der Waals surface area contributed by atoms with Crippen LogP contribution in [0.2, 0.25) is 0 Å². The number of benzene rings is 1. The number of rotatable bonds is 4. The predicted molar refractivity (Wildman–Crippen MR) is 96.8 cm³/mol. The van der Waals surface area contributed by atoms with Crippen molar-refractivity contribution >= 4 is 17.7 Å². The molecule has 0 amide bonds. The van der Waals surface area contributed by atoms with Crippen LogP contribution in [0.15, 0.2) is 46.1 Å². The van der Waals surface area contributed by atoms with Crippen LogP contribution in [0.25, 0.3) is 0 Å². The fraction of sp³-hybridized carbons (Fsp3) is 0.389. The average molecular weight is 374 g/mol. The van der Waals surface area contributed by atoms with Crippen molar-refractivity contribution in [2.24, 2.45) is 0 Å². The van der Waals surface area contributed by atoms with E-state index in [4.69, 9.17) is 9.47 Å². The smallest absolute Gasteiger partial charge is 0.338 e. The zero-order valence-electron chi connectivity index (χ0n) is 14.1. The highest BCUT2D eigenvalue weighted by Crippen LogP contribution is 2.52. The molecule has 2 saturated heterocycles. The van der Waals surface area contributed by atoms with Gasteiger partial charge in [0.15, 0.2) is 0 Å². The molecule has 4 rings (SSSR count). The van der Waals surface area contributed by atoms with Gasteiger partial charge in [-0.2, -0.15) is 0 Å². The number of carbonyl (C=O) groups excluding carboxylic acids is 1. The van der Waals surface area contributed by atoms with Crippen molar-refractivity contribution in [2.45, 2.75) is 23.8 Å². The number of nitrogens with one attached hydrogen (secondary N) is 1. The number of hydrogen-bond acceptors (Lipinski definition) is 6. The highest BCUT2D eigenvalue weighted by Gasteiger charge is 2.59. The number of aromatic amines is 1. The van der Waals surface area contributed by atoms with Crippen LogP contribution in [0.1, 0.15) is 22.0 Å². The van der Waals surface area contributed by atoms with Gasteiger partial charge >= 0.3 is 11.7 Å². The van der Waals surface area contributed by atoms with Gasteiger partial charge in [0.2, 0.25) is 0 Å². The highest BCUT2D eigenvalue weighted by atomic mass is 32.2. The van der Waals surface area contributed by atoms with Crippen LogP contribution in [0.3, 0.4) is 0 Å². The van der Waals surface area contributed by atoms with Gasteiger partial charge in [-0.25, -0.2) is 9.59 Å². The van der Waals surface area contributed by atoms with Crippen molar-refractivity contribution in [2.75, 3.05) is 19.0 Å². The summed E-state index contributed by atoms with van der Waals surface area (Å²) in [7, 11) is 0. The SMILES string of the molecule is Cc1cn([C@@H]2CO[C@@]3(COC(=O)c4ccccc4)CS[C@@H]23)c(=O)[nH]c1=O. The normalized spacial score (nSPS) is 26.8. The summed E-state index contributed by atoms with van der Waals surface area (Å²) in [6.07, 6.45) is 1.57. The van der Waals surface area contributed by atoms with E-state index >= 15 is 0 Å². The van der Waals surface area contributed by atoms with Gasteiger partial charge in [0.05, 0.1) is 23.5 Å². The van der Waals surface area contributed by atoms with Crippen molar-refractivity contribution < 1.29 is 14.3 Å². The molecule has 0 bridgehead atoms. The maximum atomic E-state index is 12.2. The lowest BCUT2D eigenvalue weighted by molar-refractivity contribution is -0.0392. The van der Waals surface area contributed by atoms with E-state index < -0.39 is 11.3 Å². The van der Waals surface area contributed by atoms with Crippen LogP contribution in [-0.2, 0) is 9.47 Å². The molecule has 1 aromatic carbocycles. The number of aromatic nitrogens is 2. The first-order chi connectivity index (χ1) is 12.5. The second-order valence-corrected chi connectivity index (χ2v) is 7.73. The predicted octanol–water partition coefficient (Wildman–Crippen LogP) is 1.13. The molecule has 3 heterocycles. The fourth-order valence-corrected chi connectivity index (χ4v) is 4.82. The molecule has 0 saturated carbocycles. The maximum absolute atomic E-state index is 12.2. The minimum atomic E-state index is -0.580. The zero-order chi connectivity index (χ0) is 18.3. The minimum absolute atomic E-state index is 0.00549. The molecule has 136 valence electrons. The van der Waals surface area contributed by atoms with Crippen LogP contribution >= 0.6 is 11.8 Å². The van der Waals surface area contributed by atoms with Crippen LogP contribution in [0.5, 0.6) is 0 Å². The third-order valence-corrected chi connectivity index (χ3v) is 6.64. The summed E-state index contributed by atoms with van der Waals surface area (Å²) in [5.74, 6) is 0.313. The molecule has 2 aliphatic heterocycles. The number of hydrogen-bond donors (Lipinski definition) is 1. The van der Waals surface area contributed by atoms with E-state index in [1.165, 1.54) is 4.57 Å². The summed E-state index contributed by atoms with van der Waals surface area (Å²) >= 11 is 1.68. The van der Waals surface area contributed by atoms with E-state index in [0.717, 1.165) is 0 Å². The summed E-state index contributed by atoms with van der Waals surface area (Å²) in [6, 6.07) is 8.60. The molecular weight excluding hydrogens is 356 g/mol. The molecule has 0 unspecified atom stereocenters. The molecule has 26 heavy (non-hydrogen) atoms. The summed E-state index contributed by atoms with van der Waals surface area (Å²) in [6.45, 7) is 2.14. The largest absolute Gasteiger partial charge is 0.459 e. The maximum Gasteiger partial charge on any atom is 0.338 e. The molecule has 2 aromatic rings. The zero-order valence-corrected chi connectivity index (χ0v) is 15.0. The Morgan fingerprint density at radius 1 is 1.38 bits per heavy atom. The topological polar surface area (TPSA) is 90.4 Å². The summed E-state index contributed by atoms with van der Waals surface area (Å²) < 4.78 is 13.0. The van der Waals surface area contributed by atoms with Gasteiger partial charge in [0, 0.05) is 17.5 Å². The van der Waals surface area contributed by atoms with Crippen molar-refractivity contribution in [3.05, 3.63) is 68.5 Å². The second kappa shape index (κ2) is 6.44. The van der Waals surface area contributed by atoms with E-state index in [9.17, 15) is 14.4 Å². The van der Waals surface area contributed by atoms with E-state index in [0.29, 0.717) is 23.5 Å². The second-order valence-electron chi connectivity index (χ2n) is 6.60. The lowest BCUT2D eigenvalue weighted by atomic mass is 9.98. The average Bonchev–Trinajstić information content (AvgIpc) is 2.87. The Morgan fingerprint density at radius 3 is 2.85 bits per heavy atom. The van der Waals surface area contributed by atoms with Crippen LogP contribution in [-0.4, -0.2) is 45.3 Å². The summed E-state index contributed by atoms with van der Waals surface area (Å²) in [4.78, 5) is 38.3. The first-order valence-electron chi connectivity index (χ1n) is 8.30. The Hall–Kier alpha value is -2.32. The van der Waals surface area contributed by atoms with Crippen molar-refractivity contribution in [3.63, 3.8) is 0 Å². The van der Waals surface area contributed by atoms with E-state index in [1.54, 1.807) is 49.1 Å². The standard InChI is InChI=1S/C18H18N2O5S/c1-11-7-20(17(23)19-15(11)21)13-8-25-18(10-26-14(13)18)9-24-16(22)12-5-3-2-4-6-12/h2-7,13-14H,8-10H2,1H3,(H,19,21,23)/t13-,14+,18+/m1/s1. The molecule has 8 heteroatoms. The molecule has 0 spiro atoms. The quantitative estimate of drug-likeness (QED) is 0.807. The molecule has 0 aliphatic carbocycles. The third kappa shape index (κ3) is 2.79. The lowest BCUT2D eigenvalue weighted by Gasteiger charge is -2.43. The van der Waals surface area contributed by atoms with Gasteiger partial charge in [-0.05, 0) is 19.1 Å². The first kappa shape index (κ1) is 17.1. The van der Waals surface area contributed by atoms with Gasteiger partial charge in [-0.15, -0.1) is 11.8 Å². The Kier molecular flexibility index (Phi) is 4.24. The Bertz CT molecular complexity index is 954. The molecule has 3 atom stereocenters. The monoisotopic (exact) mass is 374 g/mol. The van der Waals surface area contributed by atoms with Crippen molar-refractivity contribution in [1.29, 1.82) is 0 Å². The fourth-order valence-electron chi connectivity index (χ4n) is 3.36. The van der Waals surface area contributed by atoms with Gasteiger partial charge in [-0.1, -0.05) is 18.2 Å². The number of fused-ring (bicyclic) bond motifs is 1. The van der Waals surface area contributed by atoms with Crippen LogP contribution in [0.4, 0.5) is 0 Å². The molecule has 7 nitrogen and oxygen atoms in total. The summed E-state index contributed by atoms with van der Waals surface area (Å²) in [5.41, 5.74) is -0.437. The van der Waals surface area contributed by atoms with Crippen molar-refractivity contribution in [3.8, 4) is 0 Å². The van der Waals surface area contributed by atoms with Gasteiger partial charge in [-0.3, -0.25) is 14.3 Å². The number of ether oxygens (including phenoxy) is 2. The highest BCUT2D eigenvalue weighted by molar-refractivity contribution is 8.01. The van der Waals surface area contributed by atoms with E-state index in [1.807, 2.05) is 6.07 Å². The number of H-pyrrole nitrogens is 1. The third-order valence-electron chi connectivity index (χ3n) is 4.88. The summed E-state index contributed by atoms with van der Waals surface area (Å²) in [5, 5.41) is -0.00549. The molecule has 0 radical (unpaired) electrons. The molecule has 2 fully saturated rings. The van der Waals surface area contributed by atoms with Gasteiger partial charge in [0.1, 0.15) is 12.2 Å². The number of carbonyl (C=O) groups is 1. The molecular formula is C18H18N2O5S. The number of nitrogens with zero attached hydrogens (tertiary/aromatic N) is 1. The van der Waals surface area contributed by atoms with E-state index in [-0.39, 0.29) is 29.4 Å². The Morgan fingerprint density at radius 2 is 2.15 bits per heavy atom. The van der Waals surface area contributed by atoms with Crippen LogP contribution in [0, 0.1) is 6.92 Å².